The Morgan fingerprint density at radius 2 is 2.29 bits per heavy atom. The Labute approximate surface area is 87.0 Å². The van der Waals surface area contributed by atoms with Gasteiger partial charge in [-0.1, -0.05) is 19.1 Å². The van der Waals surface area contributed by atoms with Gasteiger partial charge >= 0.3 is 0 Å². The first-order valence-corrected chi connectivity index (χ1v) is 5.70. The second-order valence-corrected chi connectivity index (χ2v) is 4.00. The lowest BCUT2D eigenvalue weighted by molar-refractivity contribution is -0.129. The van der Waals surface area contributed by atoms with E-state index in [9.17, 15) is 4.79 Å². The van der Waals surface area contributed by atoms with Crippen molar-refractivity contribution in [3.05, 3.63) is 12.2 Å². The maximum absolute atomic E-state index is 11.4. The molecule has 1 aliphatic rings. The molecular formula is C12H21NO. The van der Waals surface area contributed by atoms with Crippen LogP contribution < -0.4 is 0 Å². The van der Waals surface area contributed by atoms with Gasteiger partial charge in [0.2, 0.25) is 5.91 Å². The molecule has 0 aromatic rings. The van der Waals surface area contributed by atoms with Crippen molar-refractivity contribution in [1.29, 1.82) is 0 Å². The van der Waals surface area contributed by atoms with Gasteiger partial charge in [-0.15, -0.1) is 0 Å². The van der Waals surface area contributed by atoms with Crippen LogP contribution in [0, 0.1) is 0 Å². The van der Waals surface area contributed by atoms with Crippen LogP contribution in [0.3, 0.4) is 0 Å². The fourth-order valence-corrected chi connectivity index (χ4v) is 1.91. The van der Waals surface area contributed by atoms with Gasteiger partial charge in [-0.05, 0) is 32.6 Å². The van der Waals surface area contributed by atoms with Crippen molar-refractivity contribution in [1.82, 2.24) is 4.90 Å². The van der Waals surface area contributed by atoms with E-state index in [-0.39, 0.29) is 0 Å². The van der Waals surface area contributed by atoms with Gasteiger partial charge in [0.05, 0.1) is 0 Å². The fraction of sp³-hybridized carbons (Fsp3) is 0.750. The first-order chi connectivity index (χ1) is 6.75. The Morgan fingerprint density at radius 1 is 1.50 bits per heavy atom. The van der Waals surface area contributed by atoms with Crippen LogP contribution in [0.5, 0.6) is 0 Å². The quantitative estimate of drug-likeness (QED) is 0.618. The van der Waals surface area contributed by atoms with Gasteiger partial charge in [0.1, 0.15) is 0 Å². The zero-order valence-corrected chi connectivity index (χ0v) is 9.33. The lowest BCUT2D eigenvalue weighted by Crippen LogP contribution is -2.33. The summed E-state index contributed by atoms with van der Waals surface area (Å²) in [6.07, 6.45) is 9.52. The summed E-state index contributed by atoms with van der Waals surface area (Å²) in [6, 6.07) is 0.423. The molecule has 1 saturated heterocycles. The lowest BCUT2D eigenvalue weighted by Gasteiger charge is -2.23. The van der Waals surface area contributed by atoms with Crippen LogP contribution in [0.2, 0.25) is 0 Å². The molecule has 0 aromatic heterocycles. The highest BCUT2D eigenvalue weighted by Gasteiger charge is 2.23. The van der Waals surface area contributed by atoms with Gasteiger partial charge < -0.3 is 4.90 Å². The molecule has 80 valence electrons. The Bertz CT molecular complexity index is 210. The molecule has 1 unspecified atom stereocenters. The number of carbonyl (C=O) groups excluding carboxylic acids is 1. The molecule has 1 aliphatic heterocycles. The molecule has 0 radical (unpaired) electrons. The minimum absolute atomic E-state index is 0.344. The lowest BCUT2D eigenvalue weighted by atomic mass is 10.1. The third kappa shape index (κ3) is 3.17. The summed E-state index contributed by atoms with van der Waals surface area (Å²) >= 11 is 0. The summed E-state index contributed by atoms with van der Waals surface area (Å²) < 4.78 is 0. The van der Waals surface area contributed by atoms with Crippen LogP contribution in [-0.4, -0.2) is 23.4 Å². The fourth-order valence-electron chi connectivity index (χ4n) is 1.91. The molecule has 2 heteroatoms. The third-order valence-electron chi connectivity index (χ3n) is 2.80. The first kappa shape index (κ1) is 11.3. The van der Waals surface area contributed by atoms with Gasteiger partial charge in [-0.25, -0.2) is 0 Å². The number of carbonyl (C=O) groups is 1. The monoisotopic (exact) mass is 195 g/mol. The van der Waals surface area contributed by atoms with Gasteiger partial charge in [0, 0.05) is 19.0 Å². The van der Waals surface area contributed by atoms with Crippen LogP contribution in [0.25, 0.3) is 0 Å². The van der Waals surface area contributed by atoms with E-state index in [1.54, 1.807) is 0 Å². The number of rotatable bonds is 5. The van der Waals surface area contributed by atoms with Crippen LogP contribution in [0.1, 0.15) is 46.0 Å². The molecule has 2 nitrogen and oxygen atoms in total. The number of hydrogen-bond acceptors (Lipinski definition) is 1. The third-order valence-corrected chi connectivity index (χ3v) is 2.80. The van der Waals surface area contributed by atoms with Crippen molar-refractivity contribution >= 4 is 5.91 Å². The second kappa shape index (κ2) is 5.84. The van der Waals surface area contributed by atoms with Gasteiger partial charge in [-0.3, -0.25) is 4.79 Å². The van der Waals surface area contributed by atoms with E-state index in [0.29, 0.717) is 11.9 Å². The molecule has 1 heterocycles. The Balaban J connectivity index is 2.23. The van der Waals surface area contributed by atoms with E-state index in [0.717, 1.165) is 38.6 Å². The number of amides is 1. The normalized spacial score (nSPS) is 19.6. The minimum Gasteiger partial charge on any atom is -0.340 e. The summed E-state index contributed by atoms with van der Waals surface area (Å²) in [4.78, 5) is 13.4. The van der Waals surface area contributed by atoms with E-state index in [4.69, 9.17) is 0 Å². The maximum atomic E-state index is 11.4. The summed E-state index contributed by atoms with van der Waals surface area (Å²) in [5, 5.41) is 0. The summed E-state index contributed by atoms with van der Waals surface area (Å²) in [5.41, 5.74) is 0. The molecular weight excluding hydrogens is 174 g/mol. The average molecular weight is 195 g/mol. The highest BCUT2D eigenvalue weighted by atomic mass is 16.2. The van der Waals surface area contributed by atoms with E-state index in [1.165, 1.54) is 0 Å². The molecule has 0 spiro atoms. The van der Waals surface area contributed by atoms with Crippen molar-refractivity contribution in [3.63, 3.8) is 0 Å². The predicted molar refractivity (Wildman–Crippen MR) is 59.1 cm³/mol. The zero-order chi connectivity index (χ0) is 10.4. The average Bonchev–Trinajstić information content (AvgIpc) is 2.59. The molecule has 1 amide bonds. The van der Waals surface area contributed by atoms with E-state index in [1.807, 2.05) is 4.90 Å². The minimum atomic E-state index is 0.344. The van der Waals surface area contributed by atoms with Crippen molar-refractivity contribution < 1.29 is 4.79 Å². The highest BCUT2D eigenvalue weighted by Crippen LogP contribution is 2.16. The van der Waals surface area contributed by atoms with Crippen molar-refractivity contribution in [2.24, 2.45) is 0 Å². The highest BCUT2D eigenvalue weighted by molar-refractivity contribution is 5.78. The Hall–Kier alpha value is -0.790. The predicted octanol–water partition coefficient (Wildman–Crippen LogP) is 2.74. The topological polar surface area (TPSA) is 20.3 Å². The van der Waals surface area contributed by atoms with Gasteiger partial charge in [0.15, 0.2) is 0 Å². The van der Waals surface area contributed by atoms with E-state index in [2.05, 4.69) is 26.0 Å². The molecule has 1 rings (SSSR count). The SMILES string of the molecule is CC/C=C\CCC(C)N1CCCC1=O. The Kier molecular flexibility index (Phi) is 4.71. The van der Waals surface area contributed by atoms with Crippen molar-refractivity contribution in [2.75, 3.05) is 6.54 Å². The molecule has 1 fully saturated rings. The van der Waals surface area contributed by atoms with Crippen LogP contribution in [0.15, 0.2) is 12.2 Å². The van der Waals surface area contributed by atoms with E-state index < -0.39 is 0 Å². The number of allylic oxidation sites excluding steroid dienone is 2. The number of likely N-dealkylation sites (tertiary alicyclic amines) is 1. The summed E-state index contributed by atoms with van der Waals surface area (Å²) in [5.74, 6) is 0.344. The molecule has 0 aliphatic carbocycles. The molecule has 0 bridgehead atoms. The zero-order valence-electron chi connectivity index (χ0n) is 9.33. The molecule has 0 saturated carbocycles. The van der Waals surface area contributed by atoms with Crippen molar-refractivity contribution in [3.8, 4) is 0 Å². The smallest absolute Gasteiger partial charge is 0.222 e. The standard InChI is InChI=1S/C12H21NO/c1-3-4-5-6-8-11(2)13-10-7-9-12(13)14/h4-5,11H,3,6-10H2,1-2H3/b5-4-. The summed E-state index contributed by atoms with van der Waals surface area (Å²) in [7, 11) is 0. The maximum Gasteiger partial charge on any atom is 0.222 e. The van der Waals surface area contributed by atoms with Crippen LogP contribution in [0.4, 0.5) is 0 Å². The van der Waals surface area contributed by atoms with E-state index >= 15 is 0 Å². The van der Waals surface area contributed by atoms with Crippen LogP contribution in [-0.2, 0) is 4.79 Å². The van der Waals surface area contributed by atoms with Crippen molar-refractivity contribution in [2.45, 2.75) is 52.0 Å². The number of hydrogen-bond donors (Lipinski definition) is 0. The number of nitrogens with zero attached hydrogens (tertiary/aromatic N) is 1. The largest absolute Gasteiger partial charge is 0.340 e. The molecule has 14 heavy (non-hydrogen) atoms. The second-order valence-electron chi connectivity index (χ2n) is 4.00. The molecule has 0 N–H and O–H groups in total. The first-order valence-electron chi connectivity index (χ1n) is 5.70. The van der Waals surface area contributed by atoms with Gasteiger partial charge in [0.25, 0.3) is 0 Å². The van der Waals surface area contributed by atoms with Crippen LogP contribution >= 0.6 is 0 Å². The summed E-state index contributed by atoms with van der Waals surface area (Å²) in [6.45, 7) is 5.27. The van der Waals surface area contributed by atoms with Gasteiger partial charge in [-0.2, -0.15) is 0 Å². The Morgan fingerprint density at radius 3 is 2.86 bits per heavy atom. The molecule has 1 atom stereocenters. The molecule has 0 aromatic carbocycles.